The lowest BCUT2D eigenvalue weighted by Crippen LogP contribution is -2.38. The summed E-state index contributed by atoms with van der Waals surface area (Å²) >= 11 is 0. The molecule has 172 valence electrons. The molecule has 2 aromatic rings. The maximum atomic E-state index is 13.4. The molecule has 0 bridgehead atoms. The fourth-order valence-corrected chi connectivity index (χ4v) is 4.13. The Morgan fingerprint density at radius 1 is 0.906 bits per heavy atom. The number of fused-ring (bicyclic) bond motifs is 3. The van der Waals surface area contributed by atoms with Crippen molar-refractivity contribution in [2.24, 2.45) is 0 Å². The molecular weight excluding hydrogens is 408 g/mol. The monoisotopic (exact) mass is 440 g/mol. The maximum absolute atomic E-state index is 13.4. The summed E-state index contributed by atoms with van der Waals surface area (Å²) in [6.07, 6.45) is 1.69. The fourth-order valence-electron chi connectivity index (χ4n) is 4.13. The summed E-state index contributed by atoms with van der Waals surface area (Å²) in [4.78, 5) is 15.7. The van der Waals surface area contributed by atoms with Gasteiger partial charge in [-0.25, -0.2) is 0 Å². The van der Waals surface area contributed by atoms with E-state index in [1.165, 1.54) is 0 Å². The molecule has 2 aromatic carbocycles. The average molecular weight is 441 g/mol. The van der Waals surface area contributed by atoms with Crippen molar-refractivity contribution < 1.29 is 23.7 Å². The van der Waals surface area contributed by atoms with Gasteiger partial charge in [0.05, 0.1) is 37.7 Å². The van der Waals surface area contributed by atoms with E-state index >= 15 is 0 Å². The first-order valence-electron chi connectivity index (χ1n) is 11.5. The first kappa shape index (κ1) is 22.4. The third-order valence-electron chi connectivity index (χ3n) is 5.73. The zero-order valence-electron chi connectivity index (χ0n) is 18.9. The van der Waals surface area contributed by atoms with Gasteiger partial charge in [0.15, 0.2) is 5.78 Å². The van der Waals surface area contributed by atoms with Gasteiger partial charge in [0.25, 0.3) is 0 Å². The lowest BCUT2D eigenvalue weighted by Gasteiger charge is -2.26. The average Bonchev–Trinajstić information content (AvgIpc) is 3.12. The van der Waals surface area contributed by atoms with Crippen LogP contribution in [-0.4, -0.2) is 63.4 Å². The summed E-state index contributed by atoms with van der Waals surface area (Å²) in [7, 11) is 0. The number of carbonyl (C=O) groups is 1. The molecule has 1 fully saturated rings. The molecule has 0 atom stereocenters. The molecule has 0 saturated carbocycles. The molecule has 0 amide bonds. The van der Waals surface area contributed by atoms with Crippen molar-refractivity contribution in [3.05, 3.63) is 35.4 Å². The molecule has 1 saturated heterocycles. The molecule has 1 aliphatic heterocycles. The zero-order valence-corrected chi connectivity index (χ0v) is 18.9. The maximum Gasteiger partial charge on any atom is 0.196 e. The molecular formula is C25H32N2O5. The van der Waals surface area contributed by atoms with Crippen LogP contribution < -0.4 is 19.9 Å². The molecule has 2 N–H and O–H groups in total. The van der Waals surface area contributed by atoms with Crippen molar-refractivity contribution >= 4 is 11.5 Å². The molecule has 32 heavy (non-hydrogen) atoms. The largest absolute Gasteiger partial charge is 0.493 e. The second-order valence-corrected chi connectivity index (χ2v) is 8.04. The van der Waals surface area contributed by atoms with Gasteiger partial charge in [-0.15, -0.1) is 0 Å². The van der Waals surface area contributed by atoms with Gasteiger partial charge in [0, 0.05) is 42.4 Å². The Kier molecular flexibility index (Phi) is 7.17. The molecule has 0 spiro atoms. The van der Waals surface area contributed by atoms with Gasteiger partial charge in [-0.1, -0.05) is 26.0 Å². The van der Waals surface area contributed by atoms with Crippen molar-refractivity contribution in [2.45, 2.75) is 26.7 Å². The first-order chi connectivity index (χ1) is 15.7. The Hall–Kier alpha value is -2.77. The SMILES string of the molecule is CCCOc1cc(OCCC)c2c(c1N)C(=O)c1cccc(OCCN3CCOCC3)c1-2. The van der Waals surface area contributed by atoms with Gasteiger partial charge in [-0.05, 0) is 18.9 Å². The van der Waals surface area contributed by atoms with Crippen LogP contribution in [-0.2, 0) is 4.74 Å². The van der Waals surface area contributed by atoms with Crippen molar-refractivity contribution in [3.63, 3.8) is 0 Å². The van der Waals surface area contributed by atoms with Crippen LogP contribution in [0.3, 0.4) is 0 Å². The summed E-state index contributed by atoms with van der Waals surface area (Å²) in [5.74, 6) is 1.66. The number of hydrogen-bond donors (Lipinski definition) is 1. The third-order valence-corrected chi connectivity index (χ3v) is 5.73. The van der Waals surface area contributed by atoms with E-state index in [1.54, 1.807) is 0 Å². The lowest BCUT2D eigenvalue weighted by atomic mass is 10.0. The van der Waals surface area contributed by atoms with Crippen LogP contribution in [0.25, 0.3) is 11.1 Å². The Morgan fingerprint density at radius 2 is 1.59 bits per heavy atom. The number of carbonyl (C=O) groups excluding carboxylic acids is 1. The summed E-state index contributed by atoms with van der Waals surface area (Å²) in [6, 6.07) is 7.39. The second kappa shape index (κ2) is 10.2. The van der Waals surface area contributed by atoms with Crippen LogP contribution in [0.1, 0.15) is 42.6 Å². The third kappa shape index (κ3) is 4.40. The van der Waals surface area contributed by atoms with E-state index in [2.05, 4.69) is 4.90 Å². The Balaban J connectivity index is 1.68. The highest BCUT2D eigenvalue weighted by Gasteiger charge is 2.36. The van der Waals surface area contributed by atoms with E-state index in [-0.39, 0.29) is 5.78 Å². The Morgan fingerprint density at radius 3 is 2.31 bits per heavy atom. The highest BCUT2D eigenvalue weighted by Crippen LogP contribution is 2.52. The van der Waals surface area contributed by atoms with Crippen molar-refractivity contribution in [1.82, 2.24) is 4.90 Å². The number of ether oxygens (including phenoxy) is 4. The van der Waals surface area contributed by atoms with Gasteiger partial charge in [0.1, 0.15) is 23.9 Å². The van der Waals surface area contributed by atoms with Crippen LogP contribution >= 0.6 is 0 Å². The molecule has 0 aromatic heterocycles. The van der Waals surface area contributed by atoms with Gasteiger partial charge < -0.3 is 24.7 Å². The van der Waals surface area contributed by atoms with E-state index in [0.717, 1.165) is 51.3 Å². The predicted octanol–water partition coefficient (Wildman–Crippen LogP) is 3.77. The molecule has 7 heteroatoms. The van der Waals surface area contributed by atoms with Crippen LogP contribution in [0, 0.1) is 0 Å². The molecule has 1 heterocycles. The highest BCUT2D eigenvalue weighted by atomic mass is 16.5. The standard InChI is InChI=1S/C25H32N2O5/c1-3-11-30-19-16-20(31-12-4-2)24(26)23-22(19)21-17(25(23)28)6-5-7-18(21)32-15-10-27-8-13-29-14-9-27/h5-7,16H,3-4,8-15,26H2,1-2H3. The van der Waals surface area contributed by atoms with E-state index in [9.17, 15) is 4.79 Å². The van der Waals surface area contributed by atoms with Crippen molar-refractivity contribution in [3.8, 4) is 28.4 Å². The molecule has 4 rings (SSSR count). The summed E-state index contributed by atoms with van der Waals surface area (Å²) in [6.45, 7) is 9.78. The Bertz CT molecular complexity index is 969. The number of rotatable bonds is 10. The topological polar surface area (TPSA) is 83.2 Å². The number of nitrogens with zero attached hydrogens (tertiary/aromatic N) is 1. The van der Waals surface area contributed by atoms with E-state index in [0.29, 0.717) is 59.4 Å². The minimum atomic E-state index is -0.116. The van der Waals surface area contributed by atoms with E-state index < -0.39 is 0 Å². The van der Waals surface area contributed by atoms with Crippen molar-refractivity contribution in [1.29, 1.82) is 0 Å². The first-order valence-corrected chi connectivity index (χ1v) is 11.5. The molecule has 1 aliphatic carbocycles. The molecule has 2 aliphatic rings. The number of ketones is 1. The second-order valence-electron chi connectivity index (χ2n) is 8.04. The molecule has 0 unspecified atom stereocenters. The van der Waals surface area contributed by atoms with E-state index in [4.69, 9.17) is 24.7 Å². The molecule has 7 nitrogen and oxygen atoms in total. The van der Waals surface area contributed by atoms with E-state index in [1.807, 2.05) is 38.1 Å². The number of morpholine rings is 1. The quantitative estimate of drug-likeness (QED) is 0.481. The summed E-state index contributed by atoms with van der Waals surface area (Å²) < 4.78 is 23.5. The predicted molar refractivity (Wildman–Crippen MR) is 124 cm³/mol. The molecule has 0 radical (unpaired) electrons. The minimum Gasteiger partial charge on any atom is -0.493 e. The zero-order chi connectivity index (χ0) is 22.5. The summed E-state index contributed by atoms with van der Waals surface area (Å²) in [5.41, 5.74) is 9.29. The van der Waals surface area contributed by atoms with Crippen LogP contribution in [0.15, 0.2) is 24.3 Å². The van der Waals surface area contributed by atoms with Gasteiger partial charge in [-0.3, -0.25) is 9.69 Å². The minimum absolute atomic E-state index is 0.116. The summed E-state index contributed by atoms with van der Waals surface area (Å²) in [5, 5.41) is 0. The highest BCUT2D eigenvalue weighted by molar-refractivity contribution is 6.26. The number of benzene rings is 2. The van der Waals surface area contributed by atoms with Crippen LogP contribution in [0.2, 0.25) is 0 Å². The number of nitrogen functional groups attached to an aromatic ring is 1. The normalized spacial score (nSPS) is 15.4. The number of anilines is 1. The number of hydrogen-bond acceptors (Lipinski definition) is 7. The van der Waals surface area contributed by atoms with Gasteiger partial charge >= 0.3 is 0 Å². The van der Waals surface area contributed by atoms with Crippen LogP contribution in [0.4, 0.5) is 5.69 Å². The van der Waals surface area contributed by atoms with Gasteiger partial charge in [0.2, 0.25) is 0 Å². The number of nitrogens with two attached hydrogens (primary N) is 1. The fraction of sp³-hybridized carbons (Fsp3) is 0.480. The smallest absolute Gasteiger partial charge is 0.196 e. The van der Waals surface area contributed by atoms with Crippen LogP contribution in [0.5, 0.6) is 17.2 Å². The lowest BCUT2D eigenvalue weighted by molar-refractivity contribution is 0.0323. The van der Waals surface area contributed by atoms with Crippen molar-refractivity contribution in [2.75, 3.05) is 58.4 Å². The Labute approximate surface area is 189 Å². The van der Waals surface area contributed by atoms with Gasteiger partial charge in [-0.2, -0.15) is 0 Å².